The van der Waals surface area contributed by atoms with Crippen molar-refractivity contribution in [2.75, 3.05) is 6.54 Å². The molecule has 2 aromatic carbocycles. The molecular formula is C26H29N. The fourth-order valence-electron chi connectivity index (χ4n) is 2.84. The molecule has 0 amide bonds. The Morgan fingerprint density at radius 2 is 1.56 bits per heavy atom. The smallest absolute Gasteiger partial charge is 0.0594 e. The second-order valence-electron chi connectivity index (χ2n) is 6.88. The third-order valence-electron chi connectivity index (χ3n) is 4.48. The van der Waals surface area contributed by atoms with Crippen molar-refractivity contribution in [1.82, 2.24) is 0 Å². The second kappa shape index (κ2) is 9.68. The molecule has 0 spiro atoms. The molecule has 0 aliphatic heterocycles. The number of allylic oxidation sites excluding steroid dienone is 4. The van der Waals surface area contributed by atoms with Gasteiger partial charge >= 0.3 is 0 Å². The van der Waals surface area contributed by atoms with Crippen molar-refractivity contribution in [3.8, 4) is 0 Å². The van der Waals surface area contributed by atoms with Gasteiger partial charge < -0.3 is 0 Å². The first-order valence-electron chi connectivity index (χ1n) is 9.28. The molecule has 0 saturated carbocycles. The average molecular weight is 356 g/mol. The Labute approximate surface area is 164 Å². The van der Waals surface area contributed by atoms with Crippen molar-refractivity contribution in [2.24, 2.45) is 4.99 Å². The number of aliphatic imine (C=N–C) groups is 1. The summed E-state index contributed by atoms with van der Waals surface area (Å²) in [6.45, 7) is 16.8. The summed E-state index contributed by atoms with van der Waals surface area (Å²) in [7, 11) is 0. The number of rotatable bonds is 7. The summed E-state index contributed by atoms with van der Waals surface area (Å²) in [5.41, 5.74) is 9.29. The van der Waals surface area contributed by atoms with Gasteiger partial charge in [-0.05, 0) is 55.5 Å². The zero-order chi connectivity index (χ0) is 19.8. The van der Waals surface area contributed by atoms with Gasteiger partial charge in [0.1, 0.15) is 0 Å². The Morgan fingerprint density at radius 3 is 2.07 bits per heavy atom. The lowest BCUT2D eigenvalue weighted by Gasteiger charge is -2.15. The SMILES string of the molecule is C=Cc1ccc(C(/C(C)=C/C)=C(/C=NCC(=C)C)c2ccc(C)cc2)cc1. The summed E-state index contributed by atoms with van der Waals surface area (Å²) < 4.78 is 0. The third kappa shape index (κ3) is 5.52. The number of nitrogens with zero attached hydrogens (tertiary/aromatic N) is 1. The van der Waals surface area contributed by atoms with Crippen LogP contribution < -0.4 is 0 Å². The van der Waals surface area contributed by atoms with E-state index in [9.17, 15) is 0 Å². The first-order valence-corrected chi connectivity index (χ1v) is 9.28. The van der Waals surface area contributed by atoms with Gasteiger partial charge in [0, 0.05) is 11.8 Å². The summed E-state index contributed by atoms with van der Waals surface area (Å²) in [6, 6.07) is 17.1. The van der Waals surface area contributed by atoms with Gasteiger partial charge in [-0.3, -0.25) is 4.99 Å². The van der Waals surface area contributed by atoms with Crippen molar-refractivity contribution in [2.45, 2.75) is 27.7 Å². The van der Waals surface area contributed by atoms with Gasteiger partial charge in [-0.1, -0.05) is 85.0 Å². The van der Waals surface area contributed by atoms with Gasteiger partial charge in [-0.15, -0.1) is 0 Å². The Kier molecular flexibility index (Phi) is 7.31. The number of benzene rings is 2. The molecule has 2 rings (SSSR count). The third-order valence-corrected chi connectivity index (χ3v) is 4.48. The predicted octanol–water partition coefficient (Wildman–Crippen LogP) is 7.16. The predicted molar refractivity (Wildman–Crippen MR) is 122 cm³/mol. The fourth-order valence-corrected chi connectivity index (χ4v) is 2.84. The normalized spacial score (nSPS) is 12.8. The highest BCUT2D eigenvalue weighted by atomic mass is 14.7. The average Bonchev–Trinajstić information content (AvgIpc) is 2.67. The van der Waals surface area contributed by atoms with Crippen LogP contribution in [0.1, 0.15) is 43.0 Å². The molecule has 0 atom stereocenters. The maximum Gasteiger partial charge on any atom is 0.0594 e. The molecule has 0 radical (unpaired) electrons. The molecule has 0 bridgehead atoms. The fraction of sp³-hybridized carbons (Fsp3) is 0.192. The van der Waals surface area contributed by atoms with E-state index < -0.39 is 0 Å². The van der Waals surface area contributed by atoms with E-state index in [1.54, 1.807) is 0 Å². The number of hydrogen-bond donors (Lipinski definition) is 0. The van der Waals surface area contributed by atoms with E-state index in [-0.39, 0.29) is 0 Å². The van der Waals surface area contributed by atoms with Gasteiger partial charge in [0.25, 0.3) is 0 Å². The highest BCUT2D eigenvalue weighted by molar-refractivity contribution is 6.22. The Morgan fingerprint density at radius 1 is 0.963 bits per heavy atom. The Balaban J connectivity index is 2.72. The van der Waals surface area contributed by atoms with E-state index in [1.165, 1.54) is 22.3 Å². The summed E-state index contributed by atoms with van der Waals surface area (Å²) in [5, 5.41) is 0. The van der Waals surface area contributed by atoms with Crippen molar-refractivity contribution in [1.29, 1.82) is 0 Å². The molecule has 0 fully saturated rings. The van der Waals surface area contributed by atoms with Crippen LogP contribution in [0.25, 0.3) is 17.2 Å². The molecule has 27 heavy (non-hydrogen) atoms. The maximum atomic E-state index is 4.64. The van der Waals surface area contributed by atoms with Gasteiger partial charge in [0.05, 0.1) is 6.54 Å². The van der Waals surface area contributed by atoms with Gasteiger partial charge in [0.15, 0.2) is 0 Å². The van der Waals surface area contributed by atoms with Crippen molar-refractivity contribution in [3.63, 3.8) is 0 Å². The number of aryl methyl sites for hydroxylation is 1. The molecule has 0 aromatic heterocycles. The van der Waals surface area contributed by atoms with E-state index >= 15 is 0 Å². The van der Waals surface area contributed by atoms with Crippen molar-refractivity contribution >= 4 is 23.4 Å². The lowest BCUT2D eigenvalue weighted by molar-refractivity contribution is 1.15. The Hall–Kier alpha value is -2.93. The lowest BCUT2D eigenvalue weighted by atomic mass is 9.89. The van der Waals surface area contributed by atoms with Crippen LogP contribution in [0.5, 0.6) is 0 Å². The zero-order valence-corrected chi connectivity index (χ0v) is 16.9. The van der Waals surface area contributed by atoms with E-state index in [0.717, 1.165) is 22.3 Å². The topological polar surface area (TPSA) is 12.4 Å². The van der Waals surface area contributed by atoms with Crippen LogP contribution in [0.3, 0.4) is 0 Å². The van der Waals surface area contributed by atoms with Crippen LogP contribution >= 0.6 is 0 Å². The first kappa shape index (κ1) is 20.4. The highest BCUT2D eigenvalue weighted by Gasteiger charge is 2.12. The van der Waals surface area contributed by atoms with Crippen LogP contribution in [0, 0.1) is 6.92 Å². The molecule has 0 unspecified atom stereocenters. The van der Waals surface area contributed by atoms with Gasteiger partial charge in [-0.25, -0.2) is 0 Å². The highest BCUT2D eigenvalue weighted by Crippen LogP contribution is 2.32. The van der Waals surface area contributed by atoms with Gasteiger partial charge in [0.2, 0.25) is 0 Å². The summed E-state index contributed by atoms with van der Waals surface area (Å²) in [4.78, 5) is 4.64. The Bertz CT molecular complexity index is 888. The maximum absolute atomic E-state index is 4.64. The monoisotopic (exact) mass is 355 g/mol. The van der Waals surface area contributed by atoms with Crippen molar-refractivity contribution in [3.05, 3.63) is 101 Å². The summed E-state index contributed by atoms with van der Waals surface area (Å²) in [5.74, 6) is 0. The first-order chi connectivity index (χ1) is 13.0. The van der Waals surface area contributed by atoms with Crippen LogP contribution in [0.4, 0.5) is 0 Å². The molecule has 138 valence electrons. The molecule has 2 aromatic rings. The molecular weight excluding hydrogens is 326 g/mol. The van der Waals surface area contributed by atoms with Crippen LogP contribution in [-0.4, -0.2) is 12.8 Å². The van der Waals surface area contributed by atoms with E-state index in [2.05, 4.69) is 93.5 Å². The molecule has 0 aliphatic rings. The van der Waals surface area contributed by atoms with Crippen LogP contribution in [-0.2, 0) is 0 Å². The van der Waals surface area contributed by atoms with E-state index in [1.807, 2.05) is 19.2 Å². The standard InChI is InChI=1S/C26H29N/c1-7-21(6)26(24-15-11-22(8-2)12-16-24)25(18-27-17-19(3)4)23-13-9-20(5)10-14-23/h7-16,18H,2-3,17H2,1,4-6H3/b21-7+,26-25-,27-18?. The quantitative estimate of drug-likeness (QED) is 0.216. The summed E-state index contributed by atoms with van der Waals surface area (Å²) >= 11 is 0. The lowest BCUT2D eigenvalue weighted by Crippen LogP contribution is -1.97. The summed E-state index contributed by atoms with van der Waals surface area (Å²) in [6.07, 6.45) is 6.01. The minimum Gasteiger partial charge on any atom is -0.288 e. The van der Waals surface area contributed by atoms with Crippen LogP contribution in [0.15, 0.2) is 83.9 Å². The largest absolute Gasteiger partial charge is 0.288 e. The molecule has 0 saturated heterocycles. The molecule has 0 aliphatic carbocycles. The minimum absolute atomic E-state index is 0.632. The van der Waals surface area contributed by atoms with Crippen molar-refractivity contribution < 1.29 is 0 Å². The zero-order valence-electron chi connectivity index (χ0n) is 16.9. The molecule has 0 heterocycles. The molecule has 1 heteroatoms. The minimum atomic E-state index is 0.632. The number of hydrogen-bond acceptors (Lipinski definition) is 1. The second-order valence-corrected chi connectivity index (χ2v) is 6.88. The van der Waals surface area contributed by atoms with E-state index in [4.69, 9.17) is 0 Å². The van der Waals surface area contributed by atoms with Crippen LogP contribution in [0.2, 0.25) is 0 Å². The molecule has 0 N–H and O–H groups in total. The van der Waals surface area contributed by atoms with E-state index in [0.29, 0.717) is 6.54 Å². The van der Waals surface area contributed by atoms with Gasteiger partial charge in [-0.2, -0.15) is 0 Å². The molecule has 1 nitrogen and oxygen atoms in total.